The number of fused-ring (bicyclic) bond motifs is 1. The maximum atomic E-state index is 2.23. The van der Waals surface area contributed by atoms with Crippen LogP contribution in [-0.2, 0) is 6.42 Å². The van der Waals surface area contributed by atoms with Crippen molar-refractivity contribution in [2.24, 2.45) is 0 Å². The van der Waals surface area contributed by atoms with E-state index in [1.807, 2.05) is 0 Å². The predicted molar refractivity (Wildman–Crippen MR) is 56.2 cm³/mol. The fraction of sp³-hybridized carbons (Fsp3) is 0.333. The molecule has 0 aliphatic carbocycles. The minimum atomic E-state index is 1.10. The molecule has 13 heavy (non-hydrogen) atoms. The minimum Gasteiger partial charge on any atom is -0.323 e. The summed E-state index contributed by atoms with van der Waals surface area (Å²) >= 11 is 0. The Morgan fingerprint density at radius 3 is 2.62 bits per heavy atom. The number of aromatic nitrogens is 1. The van der Waals surface area contributed by atoms with Crippen molar-refractivity contribution in [1.29, 1.82) is 0 Å². The summed E-state index contributed by atoms with van der Waals surface area (Å²) in [5.74, 6) is 0. The third-order valence-electron chi connectivity index (χ3n) is 2.76. The van der Waals surface area contributed by atoms with Crippen molar-refractivity contribution in [2.45, 2.75) is 27.2 Å². The molecular formula is C12H15N. The van der Waals surface area contributed by atoms with Gasteiger partial charge >= 0.3 is 0 Å². The van der Waals surface area contributed by atoms with Gasteiger partial charge in [0.1, 0.15) is 0 Å². The molecule has 0 aliphatic heterocycles. The molecule has 0 saturated carbocycles. The second-order valence-corrected chi connectivity index (χ2v) is 3.62. The molecule has 0 spiro atoms. The lowest BCUT2D eigenvalue weighted by atomic mass is 10.2. The molecule has 68 valence electrons. The second-order valence-electron chi connectivity index (χ2n) is 3.62. The number of rotatable bonds is 1. The topological polar surface area (TPSA) is 4.41 Å². The monoisotopic (exact) mass is 173 g/mol. The number of hydrogen-bond donors (Lipinski definition) is 0. The Morgan fingerprint density at radius 2 is 1.92 bits per heavy atom. The lowest BCUT2D eigenvalue weighted by Gasteiger charge is -1.99. The van der Waals surface area contributed by atoms with E-state index < -0.39 is 0 Å². The fourth-order valence-electron chi connectivity index (χ4n) is 1.71. The van der Waals surface area contributed by atoms with E-state index in [1.54, 1.807) is 0 Å². The molecule has 0 unspecified atom stereocenters. The van der Waals surface area contributed by atoms with Crippen LogP contribution in [0, 0.1) is 13.8 Å². The Labute approximate surface area is 79.0 Å². The van der Waals surface area contributed by atoms with Crippen molar-refractivity contribution in [1.82, 2.24) is 4.40 Å². The Kier molecular flexibility index (Phi) is 1.87. The van der Waals surface area contributed by atoms with Gasteiger partial charge in [-0.25, -0.2) is 0 Å². The molecule has 2 aromatic rings. The van der Waals surface area contributed by atoms with Crippen molar-refractivity contribution < 1.29 is 0 Å². The summed E-state index contributed by atoms with van der Waals surface area (Å²) in [7, 11) is 0. The van der Waals surface area contributed by atoms with Crippen molar-refractivity contribution >= 4 is 5.52 Å². The number of nitrogens with zero attached hydrogens (tertiary/aromatic N) is 1. The van der Waals surface area contributed by atoms with Crippen molar-refractivity contribution in [3.63, 3.8) is 0 Å². The smallest absolute Gasteiger partial charge is 0.0482 e. The Morgan fingerprint density at radius 1 is 1.15 bits per heavy atom. The first kappa shape index (κ1) is 8.36. The SMILES string of the molecule is CCc1ccc2c(C)c(C)cn2c1. The van der Waals surface area contributed by atoms with Crippen molar-refractivity contribution in [2.75, 3.05) is 0 Å². The third kappa shape index (κ3) is 1.24. The van der Waals surface area contributed by atoms with E-state index >= 15 is 0 Å². The van der Waals surface area contributed by atoms with Crippen LogP contribution in [0.2, 0.25) is 0 Å². The molecule has 2 heterocycles. The summed E-state index contributed by atoms with van der Waals surface area (Å²) in [6.07, 6.45) is 5.52. The van der Waals surface area contributed by atoms with Crippen LogP contribution in [0.3, 0.4) is 0 Å². The largest absolute Gasteiger partial charge is 0.323 e. The van der Waals surface area contributed by atoms with Crippen LogP contribution in [0.25, 0.3) is 5.52 Å². The fourth-order valence-corrected chi connectivity index (χ4v) is 1.71. The quantitative estimate of drug-likeness (QED) is 0.624. The van der Waals surface area contributed by atoms with Crippen LogP contribution in [-0.4, -0.2) is 4.40 Å². The van der Waals surface area contributed by atoms with Gasteiger partial charge in [-0.2, -0.15) is 0 Å². The van der Waals surface area contributed by atoms with Crippen molar-refractivity contribution in [3.8, 4) is 0 Å². The molecule has 0 aromatic carbocycles. The van der Waals surface area contributed by atoms with Gasteiger partial charge in [0.15, 0.2) is 0 Å². The molecule has 0 bridgehead atoms. The molecule has 0 radical (unpaired) electrons. The molecule has 1 heteroatoms. The highest BCUT2D eigenvalue weighted by Gasteiger charge is 2.01. The molecule has 2 aromatic heterocycles. The van der Waals surface area contributed by atoms with Crippen LogP contribution in [0.15, 0.2) is 24.5 Å². The van der Waals surface area contributed by atoms with E-state index in [4.69, 9.17) is 0 Å². The number of pyridine rings is 1. The van der Waals surface area contributed by atoms with Gasteiger partial charge in [-0.05, 0) is 43.0 Å². The zero-order valence-corrected chi connectivity index (χ0v) is 8.46. The standard InChI is InChI=1S/C12H15N/c1-4-11-5-6-12-10(3)9(2)7-13(12)8-11/h5-8H,4H2,1-3H3. The Bertz CT molecular complexity index is 438. The van der Waals surface area contributed by atoms with Gasteiger partial charge in [0, 0.05) is 17.9 Å². The van der Waals surface area contributed by atoms with Gasteiger partial charge in [-0.3, -0.25) is 0 Å². The highest BCUT2D eigenvalue weighted by atomic mass is 14.9. The molecule has 0 N–H and O–H groups in total. The zero-order valence-electron chi connectivity index (χ0n) is 8.46. The van der Waals surface area contributed by atoms with Crippen LogP contribution >= 0.6 is 0 Å². The molecular weight excluding hydrogens is 158 g/mol. The van der Waals surface area contributed by atoms with Crippen LogP contribution in [0.1, 0.15) is 23.6 Å². The van der Waals surface area contributed by atoms with E-state index in [-0.39, 0.29) is 0 Å². The maximum Gasteiger partial charge on any atom is 0.0482 e. The number of aryl methyl sites for hydroxylation is 3. The van der Waals surface area contributed by atoms with Crippen molar-refractivity contribution in [3.05, 3.63) is 41.2 Å². The minimum absolute atomic E-state index is 1.10. The summed E-state index contributed by atoms with van der Waals surface area (Å²) in [4.78, 5) is 0. The summed E-state index contributed by atoms with van der Waals surface area (Å²) in [6.45, 7) is 6.52. The molecule has 0 atom stereocenters. The Balaban J connectivity index is 2.73. The maximum absolute atomic E-state index is 2.23. The first-order chi connectivity index (χ1) is 6.22. The molecule has 1 nitrogen and oxygen atoms in total. The van der Waals surface area contributed by atoms with E-state index in [9.17, 15) is 0 Å². The van der Waals surface area contributed by atoms with Crippen LogP contribution < -0.4 is 0 Å². The van der Waals surface area contributed by atoms with Gasteiger partial charge in [-0.15, -0.1) is 0 Å². The first-order valence-corrected chi connectivity index (χ1v) is 4.79. The lowest BCUT2D eigenvalue weighted by Crippen LogP contribution is -1.86. The van der Waals surface area contributed by atoms with Gasteiger partial charge in [0.2, 0.25) is 0 Å². The van der Waals surface area contributed by atoms with Crippen LogP contribution in [0.5, 0.6) is 0 Å². The summed E-state index contributed by atoms with van der Waals surface area (Å²) in [5.41, 5.74) is 5.48. The highest BCUT2D eigenvalue weighted by Crippen LogP contribution is 2.17. The van der Waals surface area contributed by atoms with E-state index in [0.29, 0.717) is 0 Å². The van der Waals surface area contributed by atoms with E-state index in [0.717, 1.165) is 6.42 Å². The van der Waals surface area contributed by atoms with Gasteiger partial charge in [-0.1, -0.05) is 13.0 Å². The molecule has 0 amide bonds. The van der Waals surface area contributed by atoms with E-state index in [2.05, 4.69) is 49.7 Å². The molecule has 2 rings (SSSR count). The summed E-state index contributed by atoms with van der Waals surface area (Å²) in [5, 5.41) is 0. The van der Waals surface area contributed by atoms with Gasteiger partial charge in [0.25, 0.3) is 0 Å². The summed E-state index contributed by atoms with van der Waals surface area (Å²) < 4.78 is 2.23. The number of hydrogen-bond acceptors (Lipinski definition) is 0. The Hall–Kier alpha value is -1.24. The average Bonchev–Trinajstić information content (AvgIpc) is 2.42. The highest BCUT2D eigenvalue weighted by molar-refractivity contribution is 5.58. The molecule has 0 fully saturated rings. The van der Waals surface area contributed by atoms with Crippen LogP contribution in [0.4, 0.5) is 0 Å². The zero-order chi connectivity index (χ0) is 9.42. The second kappa shape index (κ2) is 2.91. The third-order valence-corrected chi connectivity index (χ3v) is 2.76. The predicted octanol–water partition coefficient (Wildman–Crippen LogP) is 3.12. The normalized spacial score (nSPS) is 11.0. The molecule has 0 saturated heterocycles. The average molecular weight is 173 g/mol. The summed E-state index contributed by atoms with van der Waals surface area (Å²) in [6, 6.07) is 4.42. The van der Waals surface area contributed by atoms with Gasteiger partial charge < -0.3 is 4.40 Å². The van der Waals surface area contributed by atoms with E-state index in [1.165, 1.54) is 22.2 Å². The lowest BCUT2D eigenvalue weighted by molar-refractivity contribution is 1.07. The first-order valence-electron chi connectivity index (χ1n) is 4.79. The molecule has 0 aliphatic rings. The van der Waals surface area contributed by atoms with Gasteiger partial charge in [0.05, 0.1) is 0 Å².